The van der Waals surface area contributed by atoms with E-state index >= 15 is 0 Å². The van der Waals surface area contributed by atoms with Gasteiger partial charge in [-0.15, -0.1) is 0 Å². The molecule has 1 aromatic carbocycles. The average molecular weight is 540 g/mol. The monoisotopic (exact) mass is 539 g/mol. The minimum atomic E-state index is -0.310. The van der Waals surface area contributed by atoms with E-state index in [1.165, 1.54) is 12.1 Å². The number of nitrogens with zero attached hydrogens (tertiary/aromatic N) is 5. The van der Waals surface area contributed by atoms with Crippen LogP contribution in [0.25, 0.3) is 27.7 Å². The van der Waals surface area contributed by atoms with Gasteiger partial charge in [0.25, 0.3) is 0 Å². The predicted octanol–water partition coefficient (Wildman–Crippen LogP) is 4.16. The Morgan fingerprint density at radius 3 is 2.77 bits per heavy atom. The van der Waals surface area contributed by atoms with Gasteiger partial charge in [0, 0.05) is 54.3 Å². The molecule has 4 heterocycles. The van der Waals surface area contributed by atoms with Crippen molar-refractivity contribution in [3.05, 3.63) is 52.6 Å². The van der Waals surface area contributed by atoms with Crippen LogP contribution in [0.2, 0.25) is 0 Å². The lowest BCUT2D eigenvalue weighted by atomic mass is 10.0. The van der Waals surface area contributed by atoms with Crippen LogP contribution in [-0.2, 0) is 11.3 Å². The number of piperidine rings is 1. The van der Waals surface area contributed by atoms with Crippen molar-refractivity contribution >= 4 is 44.2 Å². The minimum Gasteiger partial charge on any atom is -0.383 e. The molecule has 4 aromatic rings. The zero-order valence-electron chi connectivity index (χ0n) is 19.6. The van der Waals surface area contributed by atoms with E-state index in [2.05, 4.69) is 31.3 Å². The van der Waals surface area contributed by atoms with E-state index in [-0.39, 0.29) is 17.6 Å². The molecule has 0 spiro atoms. The van der Waals surface area contributed by atoms with E-state index in [9.17, 15) is 9.18 Å². The summed E-state index contributed by atoms with van der Waals surface area (Å²) in [7, 11) is 0. The second-order valence-electron chi connectivity index (χ2n) is 9.25. The van der Waals surface area contributed by atoms with Crippen LogP contribution in [-0.4, -0.2) is 49.5 Å². The highest BCUT2D eigenvalue weighted by Gasteiger charge is 2.24. The number of benzene rings is 1. The normalized spacial score (nSPS) is 14.9. The summed E-state index contributed by atoms with van der Waals surface area (Å²) in [6.07, 6.45) is 5.23. The number of fused-ring (bicyclic) bond motifs is 2. The van der Waals surface area contributed by atoms with E-state index < -0.39 is 0 Å². The van der Waals surface area contributed by atoms with Gasteiger partial charge in [-0.2, -0.15) is 9.61 Å². The molecule has 1 fully saturated rings. The smallest absolute Gasteiger partial charge is 0.225 e. The molecule has 0 aliphatic carbocycles. The minimum absolute atomic E-state index is 0.0241. The van der Waals surface area contributed by atoms with Crippen molar-refractivity contribution in [2.75, 3.05) is 18.8 Å². The summed E-state index contributed by atoms with van der Waals surface area (Å²) >= 11 is 3.58. The number of likely N-dealkylation sites (tertiary alicyclic amines) is 1. The average Bonchev–Trinajstić information content (AvgIpc) is 3.28. The molecule has 0 unspecified atom stereocenters. The molecule has 3 N–H and O–H groups in total. The van der Waals surface area contributed by atoms with Gasteiger partial charge in [0.15, 0.2) is 5.65 Å². The number of amides is 1. The summed E-state index contributed by atoms with van der Waals surface area (Å²) in [5.74, 6) is 0.381. The second kappa shape index (κ2) is 9.50. The van der Waals surface area contributed by atoms with Gasteiger partial charge < -0.3 is 16.0 Å². The summed E-state index contributed by atoms with van der Waals surface area (Å²) in [5.41, 5.74) is 10.0. The molecule has 1 aliphatic heterocycles. The van der Waals surface area contributed by atoms with Crippen LogP contribution in [0.5, 0.6) is 0 Å². The topological polar surface area (TPSA) is 101 Å². The summed E-state index contributed by atoms with van der Waals surface area (Å²) < 4.78 is 16.0. The number of carbonyl (C=O) groups excluding carboxylic acids is 1. The zero-order valence-corrected chi connectivity index (χ0v) is 21.2. The molecule has 10 heteroatoms. The Balaban J connectivity index is 1.38. The third-order valence-corrected chi connectivity index (χ3v) is 7.37. The maximum absolute atomic E-state index is 13.7. The Hall–Kier alpha value is -3.11. The van der Waals surface area contributed by atoms with Crippen LogP contribution < -0.4 is 11.1 Å². The number of carbonyl (C=O) groups is 1. The first-order valence-corrected chi connectivity index (χ1v) is 12.5. The number of aromatic nitrogens is 4. The first-order chi connectivity index (χ1) is 16.8. The lowest BCUT2D eigenvalue weighted by molar-refractivity contribution is -0.135. The SMILES string of the molecule is CC(C)C(=O)N1CCC(NCc2nc3c(-c4cnc5ccc(F)cc5c4)cnn3c(N)c2Br)CC1. The zero-order chi connectivity index (χ0) is 24.7. The summed E-state index contributed by atoms with van der Waals surface area (Å²) in [6.45, 7) is 5.91. The number of nitrogens with two attached hydrogens (primary N) is 1. The quantitative estimate of drug-likeness (QED) is 0.394. The summed E-state index contributed by atoms with van der Waals surface area (Å²) in [5, 5.41) is 8.70. The van der Waals surface area contributed by atoms with Crippen molar-refractivity contribution in [1.29, 1.82) is 0 Å². The molecule has 1 amide bonds. The fourth-order valence-corrected chi connectivity index (χ4v) is 4.92. The number of pyridine rings is 1. The highest BCUT2D eigenvalue weighted by molar-refractivity contribution is 9.10. The first kappa shape index (κ1) is 23.6. The van der Waals surface area contributed by atoms with Crippen molar-refractivity contribution in [1.82, 2.24) is 29.8 Å². The van der Waals surface area contributed by atoms with Crippen LogP contribution in [0.3, 0.4) is 0 Å². The van der Waals surface area contributed by atoms with Gasteiger partial charge in [0.1, 0.15) is 11.6 Å². The molecule has 5 rings (SSSR count). The fraction of sp³-hybridized carbons (Fsp3) is 0.360. The van der Waals surface area contributed by atoms with Crippen molar-refractivity contribution in [3.63, 3.8) is 0 Å². The molecule has 182 valence electrons. The standard InChI is InChI=1S/C25H27BrFN7O/c1-14(2)25(35)33-7-5-18(6-8-33)29-13-21-22(26)23(28)34-24(32-21)19(12-31-34)16-9-15-10-17(27)3-4-20(15)30-11-16/h3-4,9-12,14,18,29H,5-8,13,28H2,1-2H3. The fourth-order valence-electron chi connectivity index (χ4n) is 4.52. The Morgan fingerprint density at radius 1 is 1.26 bits per heavy atom. The Labute approximate surface area is 210 Å². The van der Waals surface area contributed by atoms with E-state index in [1.807, 2.05) is 24.8 Å². The van der Waals surface area contributed by atoms with Gasteiger partial charge in [-0.3, -0.25) is 9.78 Å². The molecule has 0 saturated carbocycles. The number of rotatable bonds is 5. The number of hydrogen-bond acceptors (Lipinski definition) is 6. The number of halogens is 2. The van der Waals surface area contributed by atoms with E-state index in [0.29, 0.717) is 39.4 Å². The largest absolute Gasteiger partial charge is 0.383 e. The second-order valence-corrected chi connectivity index (χ2v) is 10.0. The van der Waals surface area contributed by atoms with Crippen LogP contribution in [0.4, 0.5) is 10.2 Å². The van der Waals surface area contributed by atoms with E-state index in [1.54, 1.807) is 23.0 Å². The van der Waals surface area contributed by atoms with Crippen molar-refractivity contribution in [2.24, 2.45) is 5.92 Å². The molecule has 1 saturated heterocycles. The Bertz CT molecular complexity index is 1410. The lowest BCUT2D eigenvalue weighted by Crippen LogP contribution is -2.46. The third kappa shape index (κ3) is 4.60. The van der Waals surface area contributed by atoms with Gasteiger partial charge in [-0.05, 0) is 53.0 Å². The molecule has 0 bridgehead atoms. The van der Waals surface area contributed by atoms with Crippen LogP contribution in [0.15, 0.2) is 41.1 Å². The van der Waals surface area contributed by atoms with Crippen molar-refractivity contribution < 1.29 is 9.18 Å². The number of nitrogens with one attached hydrogen (secondary N) is 1. The molecule has 3 aromatic heterocycles. The van der Waals surface area contributed by atoms with E-state index in [4.69, 9.17) is 10.7 Å². The Morgan fingerprint density at radius 2 is 2.03 bits per heavy atom. The van der Waals surface area contributed by atoms with Crippen molar-refractivity contribution in [3.8, 4) is 11.1 Å². The van der Waals surface area contributed by atoms with Gasteiger partial charge >= 0.3 is 0 Å². The van der Waals surface area contributed by atoms with Gasteiger partial charge in [-0.1, -0.05) is 13.8 Å². The van der Waals surface area contributed by atoms with Gasteiger partial charge in [0.05, 0.1) is 21.9 Å². The maximum atomic E-state index is 13.7. The number of anilines is 1. The van der Waals surface area contributed by atoms with Crippen molar-refractivity contribution in [2.45, 2.75) is 39.3 Å². The number of nitrogen functional groups attached to an aromatic ring is 1. The van der Waals surface area contributed by atoms with Gasteiger partial charge in [-0.25, -0.2) is 9.37 Å². The molecular formula is C25H27BrFN7O. The molecular weight excluding hydrogens is 513 g/mol. The first-order valence-electron chi connectivity index (χ1n) is 11.7. The molecule has 1 aliphatic rings. The molecule has 0 radical (unpaired) electrons. The predicted molar refractivity (Wildman–Crippen MR) is 137 cm³/mol. The molecule has 35 heavy (non-hydrogen) atoms. The number of hydrogen-bond donors (Lipinski definition) is 2. The van der Waals surface area contributed by atoms with Crippen LogP contribution in [0, 0.1) is 11.7 Å². The van der Waals surface area contributed by atoms with Crippen LogP contribution >= 0.6 is 15.9 Å². The highest BCUT2D eigenvalue weighted by atomic mass is 79.9. The van der Waals surface area contributed by atoms with Crippen LogP contribution in [0.1, 0.15) is 32.4 Å². The molecule has 8 nitrogen and oxygen atoms in total. The Kier molecular flexibility index (Phi) is 6.41. The summed E-state index contributed by atoms with van der Waals surface area (Å²) in [4.78, 5) is 23.5. The lowest BCUT2D eigenvalue weighted by Gasteiger charge is -2.33. The summed E-state index contributed by atoms with van der Waals surface area (Å²) in [6, 6.07) is 6.69. The third-order valence-electron chi connectivity index (χ3n) is 6.50. The maximum Gasteiger partial charge on any atom is 0.225 e. The molecule has 0 atom stereocenters. The highest BCUT2D eigenvalue weighted by Crippen LogP contribution is 2.31. The van der Waals surface area contributed by atoms with Gasteiger partial charge in [0.2, 0.25) is 5.91 Å². The van der Waals surface area contributed by atoms with E-state index in [0.717, 1.165) is 42.8 Å².